The van der Waals surface area contributed by atoms with Crippen molar-refractivity contribution in [3.8, 4) is 0 Å². The number of rotatable bonds is 4. The summed E-state index contributed by atoms with van der Waals surface area (Å²) in [5.41, 5.74) is 10.9. The molecule has 2 aromatic heterocycles. The fourth-order valence-corrected chi connectivity index (χ4v) is 2.44. The molecule has 0 saturated carbocycles. The maximum absolute atomic E-state index is 13.8. The lowest BCUT2D eigenvalue weighted by Crippen LogP contribution is -2.36. The molecular formula is C16H16F2N8O2. The number of benzene rings is 1. The first-order chi connectivity index (χ1) is 13.2. The van der Waals surface area contributed by atoms with Crippen LogP contribution in [0.5, 0.6) is 0 Å². The van der Waals surface area contributed by atoms with Gasteiger partial charge in [-0.3, -0.25) is 13.9 Å². The van der Waals surface area contributed by atoms with E-state index in [2.05, 4.69) is 15.3 Å². The quantitative estimate of drug-likeness (QED) is 0.460. The predicted octanol–water partition coefficient (Wildman–Crippen LogP) is -0.379. The molecule has 0 spiro atoms. The van der Waals surface area contributed by atoms with E-state index in [1.165, 1.54) is 20.2 Å². The van der Waals surface area contributed by atoms with E-state index in [4.69, 9.17) is 11.5 Å². The summed E-state index contributed by atoms with van der Waals surface area (Å²) in [6, 6.07) is 4.25. The minimum atomic E-state index is -0.756. The molecule has 0 aliphatic rings. The van der Waals surface area contributed by atoms with Crippen LogP contribution in [-0.2, 0) is 20.6 Å². The second kappa shape index (κ2) is 7.06. The van der Waals surface area contributed by atoms with E-state index in [1.54, 1.807) is 0 Å². The topological polar surface area (TPSA) is 139 Å². The molecule has 0 radical (unpaired) electrons. The Morgan fingerprint density at radius 2 is 1.89 bits per heavy atom. The van der Waals surface area contributed by atoms with Crippen molar-refractivity contribution in [2.45, 2.75) is 6.54 Å². The van der Waals surface area contributed by atoms with Crippen LogP contribution in [0.15, 0.2) is 38.8 Å². The average molecular weight is 390 g/mol. The van der Waals surface area contributed by atoms with Crippen LogP contribution in [0.1, 0.15) is 11.3 Å². The van der Waals surface area contributed by atoms with Crippen molar-refractivity contribution in [1.29, 1.82) is 0 Å². The fraction of sp³-hybridized carbons (Fsp3) is 0.188. The lowest BCUT2D eigenvalue weighted by molar-refractivity contribution is 0.556. The van der Waals surface area contributed by atoms with Gasteiger partial charge in [0.05, 0.1) is 6.54 Å². The smallest absolute Gasteiger partial charge is 0.332 e. The van der Waals surface area contributed by atoms with E-state index in [1.807, 2.05) is 0 Å². The monoisotopic (exact) mass is 390 g/mol. The molecule has 12 heteroatoms. The van der Waals surface area contributed by atoms with Gasteiger partial charge in [0.25, 0.3) is 5.56 Å². The molecule has 0 aliphatic heterocycles. The summed E-state index contributed by atoms with van der Waals surface area (Å²) in [4.78, 5) is 27.8. The number of aromatic nitrogens is 5. The number of hydrogen-bond donors (Lipinski definition) is 2. The Labute approximate surface area is 156 Å². The zero-order chi connectivity index (χ0) is 20.6. The Hall–Kier alpha value is -3.83. The van der Waals surface area contributed by atoms with Gasteiger partial charge in [-0.1, -0.05) is 11.3 Å². The molecule has 1 aromatic carbocycles. The summed E-state index contributed by atoms with van der Waals surface area (Å²) in [6.45, 7) is -0.109. The molecule has 0 saturated heterocycles. The van der Waals surface area contributed by atoms with Crippen LogP contribution in [-0.4, -0.2) is 30.0 Å². The Morgan fingerprint density at radius 1 is 1.18 bits per heavy atom. The van der Waals surface area contributed by atoms with E-state index >= 15 is 0 Å². The highest BCUT2D eigenvalue weighted by Crippen LogP contribution is 2.15. The lowest BCUT2D eigenvalue weighted by Gasteiger charge is -2.07. The molecule has 10 nitrogen and oxygen atoms in total. The Morgan fingerprint density at radius 3 is 2.57 bits per heavy atom. The summed E-state index contributed by atoms with van der Waals surface area (Å²) >= 11 is 0. The molecule has 0 bridgehead atoms. The van der Waals surface area contributed by atoms with E-state index in [-0.39, 0.29) is 35.3 Å². The van der Waals surface area contributed by atoms with Crippen molar-refractivity contribution in [3.05, 3.63) is 68.0 Å². The molecule has 3 rings (SSSR count). The van der Waals surface area contributed by atoms with Crippen molar-refractivity contribution in [2.75, 3.05) is 5.73 Å². The largest absolute Gasteiger partial charge is 0.382 e. The van der Waals surface area contributed by atoms with Gasteiger partial charge in [0, 0.05) is 31.8 Å². The number of anilines is 1. The Kier molecular flexibility index (Phi) is 4.78. The number of nitrogens with zero attached hydrogens (tertiary/aromatic N) is 6. The van der Waals surface area contributed by atoms with Crippen molar-refractivity contribution in [2.24, 2.45) is 24.8 Å². The maximum Gasteiger partial charge on any atom is 0.332 e. The van der Waals surface area contributed by atoms with Gasteiger partial charge in [-0.2, -0.15) is 0 Å². The van der Waals surface area contributed by atoms with Gasteiger partial charge in [-0.25, -0.2) is 23.2 Å². The van der Waals surface area contributed by atoms with E-state index < -0.39 is 22.9 Å². The molecule has 0 unspecified atom stereocenters. The number of halogens is 2. The van der Waals surface area contributed by atoms with E-state index in [0.717, 1.165) is 32.0 Å². The summed E-state index contributed by atoms with van der Waals surface area (Å²) < 4.78 is 30.0. The number of nitrogen functional groups attached to an aromatic ring is 1. The van der Waals surface area contributed by atoms with Crippen LogP contribution in [0.4, 0.5) is 20.4 Å². The van der Waals surface area contributed by atoms with E-state index in [0.29, 0.717) is 0 Å². The van der Waals surface area contributed by atoms with Crippen LogP contribution in [0.25, 0.3) is 0 Å². The van der Waals surface area contributed by atoms with Crippen LogP contribution >= 0.6 is 0 Å². The second-order valence-corrected chi connectivity index (χ2v) is 5.96. The lowest BCUT2D eigenvalue weighted by atomic mass is 10.2. The zero-order valence-electron chi connectivity index (χ0n) is 14.9. The molecule has 2 heterocycles. The number of amidine groups is 1. The molecule has 3 aromatic rings. The highest BCUT2D eigenvalue weighted by Gasteiger charge is 2.16. The summed E-state index contributed by atoms with van der Waals surface area (Å²) in [5, 5.41) is 7.61. The Balaban J connectivity index is 1.96. The van der Waals surface area contributed by atoms with E-state index in [9.17, 15) is 18.4 Å². The minimum absolute atomic E-state index is 0.00382. The number of nitrogens with two attached hydrogens (primary N) is 2. The molecule has 146 valence electrons. The van der Waals surface area contributed by atoms with Crippen LogP contribution in [0.3, 0.4) is 0 Å². The fourth-order valence-electron chi connectivity index (χ4n) is 2.44. The summed E-state index contributed by atoms with van der Waals surface area (Å²) in [7, 11) is 2.76. The third-order valence-corrected chi connectivity index (χ3v) is 4.09. The average Bonchev–Trinajstić information content (AvgIpc) is 3.00. The van der Waals surface area contributed by atoms with Crippen molar-refractivity contribution in [3.63, 3.8) is 0 Å². The molecule has 0 atom stereocenters. The second-order valence-electron chi connectivity index (χ2n) is 5.96. The molecule has 28 heavy (non-hydrogen) atoms. The van der Waals surface area contributed by atoms with Gasteiger partial charge in [-0.15, -0.1) is 5.10 Å². The third kappa shape index (κ3) is 3.39. The van der Waals surface area contributed by atoms with Gasteiger partial charge in [0.2, 0.25) is 0 Å². The van der Waals surface area contributed by atoms with Gasteiger partial charge in [-0.05, 0) is 6.07 Å². The number of aliphatic imine (C=N–C) groups is 1. The first-order valence-corrected chi connectivity index (χ1v) is 7.93. The molecule has 4 N–H and O–H groups in total. The molecule has 0 amide bonds. The molecular weight excluding hydrogens is 374 g/mol. The van der Waals surface area contributed by atoms with Gasteiger partial charge in [0.1, 0.15) is 17.5 Å². The standard InChI is InChI=1S/C16H16F2N8O2/c1-24-11(6-12(27)25(2)16(24)28)21-14(19)13-15(20)26(23-22-13)7-8-3-4-9(17)5-10(8)18/h3-6H,7,20H2,1-2H3,(H2,19,21). The maximum atomic E-state index is 13.8. The molecule has 0 fully saturated rings. The minimum Gasteiger partial charge on any atom is -0.382 e. The van der Waals surface area contributed by atoms with Gasteiger partial charge >= 0.3 is 5.69 Å². The highest BCUT2D eigenvalue weighted by atomic mass is 19.1. The van der Waals surface area contributed by atoms with Crippen LogP contribution in [0.2, 0.25) is 0 Å². The first-order valence-electron chi connectivity index (χ1n) is 7.93. The van der Waals surface area contributed by atoms with Crippen molar-refractivity contribution >= 4 is 17.5 Å². The summed E-state index contributed by atoms with van der Waals surface area (Å²) in [5.74, 6) is -1.66. The molecule has 0 aliphatic carbocycles. The van der Waals surface area contributed by atoms with Crippen molar-refractivity contribution in [1.82, 2.24) is 24.1 Å². The third-order valence-electron chi connectivity index (χ3n) is 4.09. The normalized spacial score (nSPS) is 11.8. The zero-order valence-corrected chi connectivity index (χ0v) is 14.9. The van der Waals surface area contributed by atoms with Crippen LogP contribution < -0.4 is 22.7 Å². The predicted molar refractivity (Wildman–Crippen MR) is 97.2 cm³/mol. The van der Waals surface area contributed by atoms with Crippen LogP contribution in [0, 0.1) is 11.6 Å². The number of hydrogen-bond acceptors (Lipinski definition) is 6. The highest BCUT2D eigenvalue weighted by molar-refractivity contribution is 6.00. The Bertz CT molecular complexity index is 1210. The first kappa shape index (κ1) is 18.9. The van der Waals surface area contributed by atoms with Crippen molar-refractivity contribution < 1.29 is 8.78 Å². The summed E-state index contributed by atoms with van der Waals surface area (Å²) in [6.07, 6.45) is 0. The SMILES string of the molecule is Cn1c(N=C(N)c2nnn(Cc3ccc(F)cc3F)c2N)cc(=O)n(C)c1=O. The van der Waals surface area contributed by atoms with Gasteiger partial charge in [0.15, 0.2) is 17.3 Å². The van der Waals surface area contributed by atoms with Gasteiger partial charge < -0.3 is 11.5 Å².